The van der Waals surface area contributed by atoms with E-state index in [1.165, 1.54) is 0 Å². The van der Waals surface area contributed by atoms with Crippen molar-refractivity contribution in [1.82, 2.24) is 0 Å². The molecule has 0 N–H and O–H groups in total. The van der Waals surface area contributed by atoms with Gasteiger partial charge in [0.15, 0.2) is 0 Å². The molecule has 0 bridgehead atoms. The summed E-state index contributed by atoms with van der Waals surface area (Å²) in [6, 6.07) is 0. The van der Waals surface area contributed by atoms with E-state index in [0.717, 1.165) is 10.8 Å². The summed E-state index contributed by atoms with van der Waals surface area (Å²) in [5.41, 5.74) is 0. The summed E-state index contributed by atoms with van der Waals surface area (Å²) in [4.78, 5) is 0. The fourth-order valence-corrected chi connectivity index (χ4v) is 2.07. The van der Waals surface area contributed by atoms with Crippen molar-refractivity contribution >= 4 is 19.7 Å². The largest absolute Gasteiger partial charge is 0.216 e. The molecule has 0 saturated carbocycles. The van der Waals surface area contributed by atoms with Gasteiger partial charge in [-0.15, -0.1) is 0 Å². The maximum absolute atomic E-state index is 10.0. The van der Waals surface area contributed by atoms with Crippen LogP contribution in [0.2, 0.25) is 0 Å². The zero-order valence-electron chi connectivity index (χ0n) is 3.21. The summed E-state index contributed by atoms with van der Waals surface area (Å²) < 4.78 is 20.0. The van der Waals surface area contributed by atoms with E-state index in [0.29, 0.717) is 0 Å². The maximum Gasteiger partial charge on any atom is 0.215 e. The molecule has 1 rings (SSSR count). The number of hydrogen-bond acceptors (Lipinski definition) is 3. The second-order valence-electron chi connectivity index (χ2n) is 1.16. The fourth-order valence-electron chi connectivity index (χ4n) is 0.166. The fraction of sp³-hybridized carbons (Fsp3) is 1.00. The molecule has 0 aromatic heterocycles. The van der Waals surface area contributed by atoms with E-state index in [1.807, 2.05) is 0 Å². The van der Waals surface area contributed by atoms with Crippen LogP contribution in [0.3, 0.4) is 0 Å². The second-order valence-corrected chi connectivity index (χ2v) is 6.02. The van der Waals surface area contributed by atoms with Crippen molar-refractivity contribution in [3.8, 4) is 0 Å². The van der Waals surface area contributed by atoms with E-state index in [4.69, 9.17) is 0 Å². The third-order valence-corrected chi connectivity index (χ3v) is 4.59. The number of rotatable bonds is 0. The van der Waals surface area contributed by atoms with Gasteiger partial charge in [0.1, 0.15) is 4.58 Å². The van der Waals surface area contributed by atoms with E-state index in [2.05, 4.69) is 0 Å². The molecule has 0 amide bonds. The van der Waals surface area contributed by atoms with Gasteiger partial charge in [0.25, 0.3) is 0 Å². The Kier molecular flexibility index (Phi) is 0.686. The molecule has 1 unspecified atom stereocenters. The van der Waals surface area contributed by atoms with Crippen molar-refractivity contribution in [2.45, 2.75) is 11.5 Å². The van der Waals surface area contributed by atoms with Gasteiger partial charge >= 0.3 is 0 Å². The van der Waals surface area contributed by atoms with Gasteiger partial charge in [-0.3, -0.25) is 0 Å². The third-order valence-electron chi connectivity index (χ3n) is 0.638. The van der Waals surface area contributed by atoms with Gasteiger partial charge in [-0.25, -0.2) is 8.42 Å². The molecule has 1 aliphatic rings. The van der Waals surface area contributed by atoms with Crippen molar-refractivity contribution in [1.29, 1.82) is 0 Å². The van der Waals surface area contributed by atoms with Crippen molar-refractivity contribution in [3.05, 3.63) is 0 Å². The van der Waals surface area contributed by atoms with Crippen LogP contribution in [0.1, 0.15) is 6.92 Å². The summed E-state index contributed by atoms with van der Waals surface area (Å²) in [5, 5.41) is 0. The van der Waals surface area contributed by atoms with E-state index in [-0.39, 0.29) is 4.58 Å². The summed E-state index contributed by atoms with van der Waals surface area (Å²) in [6.07, 6.45) is 0. The molecule has 1 heterocycles. The van der Waals surface area contributed by atoms with Crippen LogP contribution in [-0.2, 0) is 8.87 Å². The lowest BCUT2D eigenvalue weighted by atomic mass is 11.0. The van der Waals surface area contributed by atoms with Gasteiger partial charge in [-0.05, 0) is 17.7 Å². The van der Waals surface area contributed by atoms with Gasteiger partial charge in [0.05, 0.1) is 0 Å². The van der Waals surface area contributed by atoms with Crippen molar-refractivity contribution in [2.75, 3.05) is 0 Å². The summed E-state index contributed by atoms with van der Waals surface area (Å²) in [6.45, 7) is 1.68. The molecule has 4 heteroatoms. The SMILES string of the molecule is CC1SS1(=O)=O. The van der Waals surface area contributed by atoms with Crippen molar-refractivity contribution in [3.63, 3.8) is 0 Å². The molecule has 0 spiro atoms. The van der Waals surface area contributed by atoms with Gasteiger partial charge in [0, 0.05) is 0 Å². The quantitative estimate of drug-likeness (QED) is 0.346. The van der Waals surface area contributed by atoms with Crippen molar-refractivity contribution in [2.24, 2.45) is 0 Å². The van der Waals surface area contributed by atoms with Gasteiger partial charge in [-0.1, -0.05) is 0 Å². The molecule has 6 heavy (non-hydrogen) atoms. The first kappa shape index (κ1) is 4.46. The first-order valence-corrected chi connectivity index (χ1v) is 4.49. The molecular weight excluding hydrogens is 120 g/mol. The predicted molar refractivity (Wildman–Crippen MR) is 26.0 cm³/mol. The molecule has 1 atom stereocenters. The highest BCUT2D eigenvalue weighted by atomic mass is 33.2. The standard InChI is InChI=1S/C2H4O2S2/c1-2-5-6(2,3)4/h2H,1H3. The van der Waals surface area contributed by atoms with Gasteiger partial charge in [-0.2, -0.15) is 0 Å². The molecule has 1 saturated heterocycles. The Labute approximate surface area is 40.2 Å². The van der Waals surface area contributed by atoms with E-state index in [9.17, 15) is 8.42 Å². The van der Waals surface area contributed by atoms with Crippen LogP contribution in [-0.4, -0.2) is 13.0 Å². The summed E-state index contributed by atoms with van der Waals surface area (Å²) in [7, 11) is -1.56. The van der Waals surface area contributed by atoms with Crippen LogP contribution < -0.4 is 0 Å². The monoisotopic (exact) mass is 124 g/mol. The lowest BCUT2D eigenvalue weighted by molar-refractivity contribution is 0.615. The average molecular weight is 124 g/mol. The van der Waals surface area contributed by atoms with Gasteiger partial charge < -0.3 is 0 Å². The molecular formula is C2H4O2S2. The van der Waals surface area contributed by atoms with Crippen LogP contribution in [0.15, 0.2) is 0 Å². The van der Waals surface area contributed by atoms with Gasteiger partial charge in [0.2, 0.25) is 8.87 Å². The van der Waals surface area contributed by atoms with Crippen LogP contribution in [0, 0.1) is 0 Å². The first-order valence-electron chi connectivity index (χ1n) is 1.55. The zero-order valence-corrected chi connectivity index (χ0v) is 4.84. The Bertz CT molecular complexity index is 145. The normalized spacial score (nSPS) is 39.2. The molecule has 0 aromatic carbocycles. The van der Waals surface area contributed by atoms with Crippen LogP contribution in [0.5, 0.6) is 0 Å². The Morgan fingerprint density at radius 2 is 1.83 bits per heavy atom. The molecule has 36 valence electrons. The molecule has 1 fully saturated rings. The second kappa shape index (κ2) is 0.924. The highest BCUT2D eigenvalue weighted by molar-refractivity contribution is 8.88. The van der Waals surface area contributed by atoms with E-state index >= 15 is 0 Å². The minimum atomic E-state index is -2.58. The Balaban J connectivity index is 2.92. The number of hydrogen-bond donors (Lipinski definition) is 0. The molecule has 0 aromatic rings. The van der Waals surface area contributed by atoms with Crippen molar-refractivity contribution < 1.29 is 8.42 Å². The minimum absolute atomic E-state index is 0.113. The molecule has 2 nitrogen and oxygen atoms in total. The molecule has 0 radical (unpaired) electrons. The van der Waals surface area contributed by atoms with Crippen LogP contribution in [0.4, 0.5) is 0 Å². The van der Waals surface area contributed by atoms with Crippen LogP contribution in [0.25, 0.3) is 0 Å². The smallest absolute Gasteiger partial charge is 0.215 e. The van der Waals surface area contributed by atoms with E-state index < -0.39 is 8.87 Å². The minimum Gasteiger partial charge on any atom is -0.216 e. The predicted octanol–water partition coefficient (Wildman–Crippen LogP) is 0.409. The first-order chi connectivity index (χ1) is 2.63. The van der Waals surface area contributed by atoms with E-state index in [1.54, 1.807) is 6.92 Å². The topological polar surface area (TPSA) is 34.1 Å². The Morgan fingerprint density at radius 3 is 1.83 bits per heavy atom. The lowest BCUT2D eigenvalue weighted by Gasteiger charge is -1.54. The maximum atomic E-state index is 10.0. The Hall–Kier alpha value is 0.300. The summed E-state index contributed by atoms with van der Waals surface area (Å²) >= 11 is 0. The highest BCUT2D eigenvalue weighted by Crippen LogP contribution is 2.43. The molecule has 0 aliphatic carbocycles. The van der Waals surface area contributed by atoms with Crippen LogP contribution >= 0.6 is 10.8 Å². The third kappa shape index (κ3) is 0.541. The lowest BCUT2D eigenvalue weighted by Crippen LogP contribution is -1.73. The highest BCUT2D eigenvalue weighted by Gasteiger charge is 2.40. The summed E-state index contributed by atoms with van der Waals surface area (Å²) in [5.74, 6) is 0. The molecule has 1 aliphatic heterocycles. The average Bonchev–Trinajstić information content (AvgIpc) is 1.73. The zero-order chi connectivity index (χ0) is 4.78. The Morgan fingerprint density at radius 1 is 1.67 bits per heavy atom.